The van der Waals surface area contributed by atoms with E-state index in [0.717, 1.165) is 18.9 Å². The zero-order chi connectivity index (χ0) is 29.9. The molecule has 0 spiro atoms. The van der Waals surface area contributed by atoms with Gasteiger partial charge in [0.05, 0.1) is 19.4 Å². The van der Waals surface area contributed by atoms with Gasteiger partial charge in [0, 0.05) is 17.1 Å². The Labute approximate surface area is 243 Å². The predicted octanol–water partition coefficient (Wildman–Crippen LogP) is 5.80. The van der Waals surface area contributed by atoms with Gasteiger partial charge in [-0.25, -0.2) is 19.8 Å². The standard InChI is InChI=1S/C30H23ClF3N5O3/c1-42-28(41)25(19-10-6-3-7-11-19)36-27(40)22-16-35-29(30(32,33)34)37-26(22)39-17-23(18-8-4-2-5-9-18)24(38-39)20-12-14-21(31)15-13-20/h2-16,23,25H,17H2,1H3,(H,36,40)/t23-,25+/m1/s1. The molecule has 0 unspecified atom stereocenters. The number of alkyl halides is 3. The van der Waals surface area contributed by atoms with Crippen molar-refractivity contribution in [1.29, 1.82) is 0 Å². The van der Waals surface area contributed by atoms with E-state index in [2.05, 4.69) is 20.4 Å². The van der Waals surface area contributed by atoms with E-state index in [1.807, 2.05) is 30.3 Å². The number of methoxy groups -OCH3 is 1. The van der Waals surface area contributed by atoms with Gasteiger partial charge in [-0.05, 0) is 28.8 Å². The molecule has 1 aliphatic heterocycles. The molecular weight excluding hydrogens is 571 g/mol. The molecule has 1 aromatic heterocycles. The van der Waals surface area contributed by atoms with Crippen molar-refractivity contribution < 1.29 is 27.5 Å². The van der Waals surface area contributed by atoms with Gasteiger partial charge in [0.1, 0.15) is 5.56 Å². The molecule has 1 aliphatic rings. The molecule has 0 saturated heterocycles. The van der Waals surface area contributed by atoms with Crippen LogP contribution in [0.15, 0.2) is 96.2 Å². The number of rotatable bonds is 7. The van der Waals surface area contributed by atoms with Crippen LogP contribution < -0.4 is 10.3 Å². The fraction of sp³-hybridized carbons (Fsp3) is 0.167. The van der Waals surface area contributed by atoms with Gasteiger partial charge in [-0.3, -0.25) is 4.79 Å². The second-order valence-electron chi connectivity index (χ2n) is 9.31. The summed E-state index contributed by atoms with van der Waals surface area (Å²) in [5.41, 5.74) is 2.22. The highest BCUT2D eigenvalue weighted by Crippen LogP contribution is 2.35. The third-order valence-corrected chi connectivity index (χ3v) is 6.86. The Morgan fingerprint density at radius 3 is 2.26 bits per heavy atom. The van der Waals surface area contributed by atoms with Gasteiger partial charge >= 0.3 is 12.1 Å². The summed E-state index contributed by atoms with van der Waals surface area (Å²) >= 11 is 6.08. The summed E-state index contributed by atoms with van der Waals surface area (Å²) in [7, 11) is 1.16. The molecule has 8 nitrogen and oxygen atoms in total. The number of nitrogens with one attached hydrogen (secondary N) is 1. The number of esters is 1. The molecule has 42 heavy (non-hydrogen) atoms. The van der Waals surface area contributed by atoms with Crippen LogP contribution in [-0.4, -0.2) is 41.2 Å². The summed E-state index contributed by atoms with van der Waals surface area (Å²) in [6, 6.07) is 23.3. The first-order valence-corrected chi connectivity index (χ1v) is 13.1. The number of ether oxygens (including phenoxy) is 1. The van der Waals surface area contributed by atoms with Gasteiger partial charge in [0.15, 0.2) is 11.9 Å². The number of anilines is 1. The maximum Gasteiger partial charge on any atom is 0.451 e. The molecule has 5 rings (SSSR count). The Morgan fingerprint density at radius 1 is 1.00 bits per heavy atom. The molecule has 0 bridgehead atoms. The number of halogens is 4. The molecule has 1 N–H and O–H groups in total. The van der Waals surface area contributed by atoms with Crippen LogP contribution in [-0.2, 0) is 15.7 Å². The Morgan fingerprint density at radius 2 is 1.64 bits per heavy atom. The first-order valence-electron chi connectivity index (χ1n) is 12.7. The quantitative estimate of drug-likeness (QED) is 0.272. The largest absolute Gasteiger partial charge is 0.467 e. The molecule has 3 aromatic carbocycles. The number of amides is 1. The predicted molar refractivity (Wildman–Crippen MR) is 150 cm³/mol. The van der Waals surface area contributed by atoms with Crippen molar-refractivity contribution in [2.45, 2.75) is 18.1 Å². The van der Waals surface area contributed by atoms with Crippen LogP contribution in [0.5, 0.6) is 0 Å². The minimum absolute atomic E-state index is 0.0790. The number of carbonyl (C=O) groups excluding carboxylic acids is 2. The van der Waals surface area contributed by atoms with Gasteiger partial charge in [0.25, 0.3) is 5.91 Å². The molecule has 0 saturated carbocycles. The third-order valence-electron chi connectivity index (χ3n) is 6.61. The number of nitrogens with zero attached hydrogens (tertiary/aromatic N) is 4. The minimum atomic E-state index is -4.89. The van der Waals surface area contributed by atoms with E-state index in [9.17, 15) is 22.8 Å². The van der Waals surface area contributed by atoms with Crippen LogP contribution in [0, 0.1) is 0 Å². The van der Waals surface area contributed by atoms with E-state index in [1.54, 1.807) is 54.6 Å². The lowest BCUT2D eigenvalue weighted by atomic mass is 9.90. The Kier molecular flexibility index (Phi) is 8.21. The average molecular weight is 594 g/mol. The van der Waals surface area contributed by atoms with Crippen LogP contribution in [0.4, 0.5) is 19.0 Å². The molecule has 2 heterocycles. The lowest BCUT2D eigenvalue weighted by Crippen LogP contribution is -2.36. The van der Waals surface area contributed by atoms with Gasteiger partial charge in [-0.2, -0.15) is 18.3 Å². The molecule has 2 atom stereocenters. The first-order chi connectivity index (χ1) is 20.2. The van der Waals surface area contributed by atoms with Crippen LogP contribution in [0.3, 0.4) is 0 Å². The number of carbonyl (C=O) groups is 2. The summed E-state index contributed by atoms with van der Waals surface area (Å²) < 4.78 is 46.1. The van der Waals surface area contributed by atoms with Gasteiger partial charge < -0.3 is 10.1 Å². The monoisotopic (exact) mass is 593 g/mol. The van der Waals surface area contributed by atoms with E-state index in [1.165, 1.54) is 5.01 Å². The van der Waals surface area contributed by atoms with E-state index >= 15 is 0 Å². The average Bonchev–Trinajstić information content (AvgIpc) is 3.45. The highest BCUT2D eigenvalue weighted by molar-refractivity contribution is 6.30. The normalized spacial score (nSPS) is 15.6. The maximum atomic E-state index is 13.7. The molecular formula is C30H23ClF3N5O3. The number of aromatic nitrogens is 2. The van der Waals surface area contributed by atoms with E-state index in [0.29, 0.717) is 21.9 Å². The summed E-state index contributed by atoms with van der Waals surface area (Å²) in [4.78, 5) is 33.3. The molecule has 12 heteroatoms. The molecule has 0 aliphatic carbocycles. The summed E-state index contributed by atoms with van der Waals surface area (Å²) in [5.74, 6) is -3.83. The summed E-state index contributed by atoms with van der Waals surface area (Å²) in [6.07, 6.45) is -4.10. The fourth-order valence-electron chi connectivity index (χ4n) is 4.58. The van der Waals surface area contributed by atoms with Crippen molar-refractivity contribution in [1.82, 2.24) is 15.3 Å². The molecule has 1 amide bonds. The van der Waals surface area contributed by atoms with Gasteiger partial charge in [-0.15, -0.1) is 0 Å². The van der Waals surface area contributed by atoms with Crippen molar-refractivity contribution >= 4 is 35.0 Å². The molecule has 4 aromatic rings. The Hall–Kier alpha value is -4.77. The summed E-state index contributed by atoms with van der Waals surface area (Å²) in [5, 5.41) is 8.96. The van der Waals surface area contributed by atoms with Gasteiger partial charge in [0.2, 0.25) is 5.82 Å². The molecule has 0 radical (unpaired) electrons. The fourth-order valence-corrected chi connectivity index (χ4v) is 4.70. The van der Waals surface area contributed by atoms with Crippen LogP contribution in [0.1, 0.15) is 44.8 Å². The van der Waals surface area contributed by atoms with E-state index in [-0.39, 0.29) is 23.8 Å². The number of benzene rings is 3. The molecule has 214 valence electrons. The first kappa shape index (κ1) is 28.7. The maximum absolute atomic E-state index is 13.7. The van der Waals surface area contributed by atoms with Crippen molar-refractivity contribution in [3.8, 4) is 0 Å². The van der Waals surface area contributed by atoms with Gasteiger partial charge in [-0.1, -0.05) is 84.4 Å². The highest BCUT2D eigenvalue weighted by atomic mass is 35.5. The van der Waals surface area contributed by atoms with Crippen molar-refractivity contribution in [2.75, 3.05) is 18.7 Å². The number of hydrogen-bond acceptors (Lipinski definition) is 7. The SMILES string of the molecule is COC(=O)[C@@H](NC(=O)c1cnc(C(F)(F)F)nc1N1C[C@H](c2ccccc2)C(c2ccc(Cl)cc2)=N1)c1ccccc1. The third kappa shape index (κ3) is 6.10. The van der Waals surface area contributed by atoms with Crippen LogP contribution >= 0.6 is 11.6 Å². The second-order valence-corrected chi connectivity index (χ2v) is 9.74. The minimum Gasteiger partial charge on any atom is -0.467 e. The lowest BCUT2D eigenvalue weighted by molar-refractivity contribution is -0.145. The number of hydrogen-bond donors (Lipinski definition) is 1. The highest BCUT2D eigenvalue weighted by Gasteiger charge is 2.39. The zero-order valence-electron chi connectivity index (χ0n) is 22.0. The zero-order valence-corrected chi connectivity index (χ0v) is 22.8. The van der Waals surface area contributed by atoms with Crippen molar-refractivity contribution in [3.05, 3.63) is 124 Å². The topological polar surface area (TPSA) is 96.8 Å². The summed E-state index contributed by atoms with van der Waals surface area (Å²) in [6.45, 7) is 0.0790. The number of hydrazone groups is 1. The van der Waals surface area contributed by atoms with Crippen molar-refractivity contribution in [2.24, 2.45) is 5.10 Å². The van der Waals surface area contributed by atoms with Crippen molar-refractivity contribution in [3.63, 3.8) is 0 Å². The Bertz CT molecular complexity index is 1620. The second kappa shape index (κ2) is 12.0. The van der Waals surface area contributed by atoms with Crippen LogP contribution in [0.25, 0.3) is 0 Å². The van der Waals surface area contributed by atoms with E-state index < -0.39 is 29.9 Å². The smallest absolute Gasteiger partial charge is 0.451 e. The molecule has 0 fully saturated rings. The lowest BCUT2D eigenvalue weighted by Gasteiger charge is -2.21. The van der Waals surface area contributed by atoms with Crippen LogP contribution in [0.2, 0.25) is 5.02 Å². The Balaban J connectivity index is 1.59. The van der Waals surface area contributed by atoms with E-state index in [4.69, 9.17) is 16.3 Å².